The molecule has 5 heteroatoms. The van der Waals surface area contributed by atoms with Gasteiger partial charge in [0.25, 0.3) is 0 Å². The molecule has 0 aromatic heterocycles. The number of carboxylic acid groups (broad SMARTS) is 1. The highest BCUT2D eigenvalue weighted by molar-refractivity contribution is 5.83. The van der Waals surface area contributed by atoms with Crippen molar-refractivity contribution in [2.75, 3.05) is 0 Å². The standard InChI is InChI=1S/C12H20N2O3/c1-12(6-2-3-7-12)14-11(17)13-9(10(15)16)8-4-5-8/h8-9H,2-7H2,1H3,(H,15,16)(H2,13,14,17). The molecule has 1 atom stereocenters. The van der Waals surface area contributed by atoms with Crippen LogP contribution < -0.4 is 10.6 Å². The van der Waals surface area contributed by atoms with Crippen LogP contribution in [0.3, 0.4) is 0 Å². The van der Waals surface area contributed by atoms with E-state index in [1.54, 1.807) is 0 Å². The lowest BCUT2D eigenvalue weighted by Crippen LogP contribution is -2.53. The van der Waals surface area contributed by atoms with Crippen LogP contribution in [0.1, 0.15) is 45.4 Å². The Kier molecular flexibility index (Phi) is 3.26. The quantitative estimate of drug-likeness (QED) is 0.696. The zero-order chi connectivity index (χ0) is 12.5. The summed E-state index contributed by atoms with van der Waals surface area (Å²) in [6.45, 7) is 2.02. The third kappa shape index (κ3) is 3.11. The molecule has 0 spiro atoms. The first kappa shape index (κ1) is 12.2. The number of nitrogens with one attached hydrogen (secondary N) is 2. The lowest BCUT2D eigenvalue weighted by atomic mass is 10.0. The van der Waals surface area contributed by atoms with Crippen molar-refractivity contribution in [2.24, 2.45) is 5.92 Å². The zero-order valence-electron chi connectivity index (χ0n) is 10.2. The minimum atomic E-state index is -0.931. The lowest BCUT2D eigenvalue weighted by molar-refractivity contribution is -0.139. The van der Waals surface area contributed by atoms with Crippen molar-refractivity contribution in [3.8, 4) is 0 Å². The topological polar surface area (TPSA) is 78.4 Å². The number of rotatable bonds is 4. The molecule has 5 nitrogen and oxygen atoms in total. The second kappa shape index (κ2) is 4.55. The smallest absolute Gasteiger partial charge is 0.326 e. The first-order valence-electron chi connectivity index (χ1n) is 6.32. The van der Waals surface area contributed by atoms with E-state index in [0.29, 0.717) is 0 Å². The first-order valence-corrected chi connectivity index (χ1v) is 6.32. The molecule has 17 heavy (non-hydrogen) atoms. The number of carbonyl (C=O) groups excluding carboxylic acids is 1. The second-order valence-electron chi connectivity index (χ2n) is 5.52. The Morgan fingerprint density at radius 2 is 1.88 bits per heavy atom. The van der Waals surface area contributed by atoms with Crippen LogP contribution >= 0.6 is 0 Å². The van der Waals surface area contributed by atoms with E-state index in [4.69, 9.17) is 5.11 Å². The van der Waals surface area contributed by atoms with Gasteiger partial charge in [0, 0.05) is 5.54 Å². The maximum absolute atomic E-state index is 11.8. The summed E-state index contributed by atoms with van der Waals surface area (Å²) in [6, 6.07) is -1.06. The highest BCUT2D eigenvalue weighted by Gasteiger charge is 2.38. The third-order valence-electron chi connectivity index (χ3n) is 3.77. The largest absolute Gasteiger partial charge is 0.480 e. The molecule has 1 unspecified atom stereocenters. The molecule has 0 bridgehead atoms. The molecular formula is C12H20N2O3. The highest BCUT2D eigenvalue weighted by atomic mass is 16.4. The van der Waals surface area contributed by atoms with E-state index in [0.717, 1.165) is 38.5 Å². The number of carboxylic acids is 1. The second-order valence-corrected chi connectivity index (χ2v) is 5.52. The molecule has 2 aliphatic carbocycles. The Morgan fingerprint density at radius 3 is 2.35 bits per heavy atom. The van der Waals surface area contributed by atoms with E-state index in [1.165, 1.54) is 0 Å². The van der Waals surface area contributed by atoms with Crippen molar-refractivity contribution in [2.45, 2.75) is 57.0 Å². The van der Waals surface area contributed by atoms with Gasteiger partial charge >= 0.3 is 12.0 Å². The van der Waals surface area contributed by atoms with Crippen LogP contribution in [0, 0.1) is 5.92 Å². The Hall–Kier alpha value is -1.26. The number of urea groups is 1. The van der Waals surface area contributed by atoms with Gasteiger partial charge in [-0.3, -0.25) is 0 Å². The van der Waals surface area contributed by atoms with E-state index in [-0.39, 0.29) is 17.5 Å². The van der Waals surface area contributed by atoms with Crippen molar-refractivity contribution in [1.29, 1.82) is 0 Å². The van der Waals surface area contributed by atoms with Crippen molar-refractivity contribution >= 4 is 12.0 Å². The Balaban J connectivity index is 1.85. The molecule has 0 aromatic carbocycles. The molecule has 2 amide bonds. The molecule has 2 saturated carbocycles. The first-order chi connectivity index (χ1) is 8.00. The van der Waals surface area contributed by atoms with Gasteiger partial charge in [-0.1, -0.05) is 12.8 Å². The van der Waals surface area contributed by atoms with Gasteiger partial charge in [0.1, 0.15) is 6.04 Å². The fourth-order valence-corrected chi connectivity index (χ4v) is 2.54. The highest BCUT2D eigenvalue weighted by Crippen LogP contribution is 2.33. The zero-order valence-corrected chi connectivity index (χ0v) is 10.2. The van der Waals surface area contributed by atoms with Crippen molar-refractivity contribution < 1.29 is 14.7 Å². The Bertz CT molecular complexity index is 320. The number of carbonyl (C=O) groups is 2. The summed E-state index contributed by atoms with van der Waals surface area (Å²) < 4.78 is 0. The van der Waals surface area contributed by atoms with Gasteiger partial charge in [0.05, 0.1) is 0 Å². The summed E-state index contributed by atoms with van der Waals surface area (Å²) in [6.07, 6.45) is 6.00. The van der Waals surface area contributed by atoms with Crippen LogP contribution in [0.2, 0.25) is 0 Å². The van der Waals surface area contributed by atoms with Crippen LogP contribution in [-0.2, 0) is 4.79 Å². The van der Waals surface area contributed by atoms with Gasteiger partial charge in [-0.25, -0.2) is 9.59 Å². The summed E-state index contributed by atoms with van der Waals surface area (Å²) >= 11 is 0. The van der Waals surface area contributed by atoms with Crippen LogP contribution in [0.15, 0.2) is 0 Å². The Morgan fingerprint density at radius 1 is 1.29 bits per heavy atom. The monoisotopic (exact) mass is 240 g/mol. The molecule has 96 valence electrons. The minimum Gasteiger partial charge on any atom is -0.480 e. The van der Waals surface area contributed by atoms with Crippen LogP contribution in [0.4, 0.5) is 4.79 Å². The SMILES string of the molecule is CC1(NC(=O)NC(C(=O)O)C2CC2)CCCC1. The number of hydrogen-bond donors (Lipinski definition) is 3. The fraction of sp³-hybridized carbons (Fsp3) is 0.833. The summed E-state index contributed by atoms with van der Waals surface area (Å²) in [5, 5.41) is 14.5. The average molecular weight is 240 g/mol. The predicted molar refractivity (Wildman–Crippen MR) is 62.7 cm³/mol. The molecule has 3 N–H and O–H groups in total. The summed E-state index contributed by atoms with van der Waals surface area (Å²) in [7, 11) is 0. The summed E-state index contributed by atoms with van der Waals surface area (Å²) in [5.74, 6) is -0.811. The van der Waals surface area contributed by atoms with E-state index in [2.05, 4.69) is 10.6 Å². The fourth-order valence-electron chi connectivity index (χ4n) is 2.54. The average Bonchev–Trinajstić information content (AvgIpc) is 2.98. The maximum Gasteiger partial charge on any atom is 0.326 e. The molecule has 0 aliphatic heterocycles. The molecule has 2 rings (SSSR count). The minimum absolute atomic E-state index is 0.120. The number of aliphatic carboxylic acids is 1. The molecule has 0 radical (unpaired) electrons. The van der Waals surface area contributed by atoms with Crippen molar-refractivity contribution in [3.63, 3.8) is 0 Å². The van der Waals surface area contributed by atoms with Gasteiger partial charge in [-0.2, -0.15) is 0 Å². The van der Waals surface area contributed by atoms with Gasteiger partial charge < -0.3 is 15.7 Å². The van der Waals surface area contributed by atoms with Crippen molar-refractivity contribution in [3.05, 3.63) is 0 Å². The lowest BCUT2D eigenvalue weighted by Gasteiger charge is -2.26. The summed E-state index contributed by atoms with van der Waals surface area (Å²) in [5.41, 5.74) is -0.156. The molecule has 0 aromatic rings. The summed E-state index contributed by atoms with van der Waals surface area (Å²) in [4.78, 5) is 22.8. The third-order valence-corrected chi connectivity index (χ3v) is 3.77. The van der Waals surface area contributed by atoms with Crippen LogP contribution in [0.25, 0.3) is 0 Å². The Labute approximate surface area is 101 Å². The normalized spacial score (nSPS) is 24.1. The molecular weight excluding hydrogens is 220 g/mol. The van der Waals surface area contributed by atoms with E-state index in [1.807, 2.05) is 6.92 Å². The van der Waals surface area contributed by atoms with E-state index >= 15 is 0 Å². The van der Waals surface area contributed by atoms with Gasteiger partial charge in [-0.05, 0) is 38.5 Å². The van der Waals surface area contributed by atoms with Crippen LogP contribution in [-0.4, -0.2) is 28.7 Å². The van der Waals surface area contributed by atoms with Gasteiger partial charge in [0.15, 0.2) is 0 Å². The molecule has 2 aliphatic rings. The molecule has 0 saturated heterocycles. The van der Waals surface area contributed by atoms with Crippen molar-refractivity contribution in [1.82, 2.24) is 10.6 Å². The molecule has 2 fully saturated rings. The van der Waals surface area contributed by atoms with Gasteiger partial charge in [-0.15, -0.1) is 0 Å². The molecule has 0 heterocycles. The van der Waals surface area contributed by atoms with Crippen LogP contribution in [0.5, 0.6) is 0 Å². The van der Waals surface area contributed by atoms with Gasteiger partial charge in [0.2, 0.25) is 0 Å². The maximum atomic E-state index is 11.8. The predicted octanol–water partition coefficient (Wildman–Crippen LogP) is 1.48. The number of amides is 2. The van der Waals surface area contributed by atoms with E-state index < -0.39 is 12.0 Å². The number of hydrogen-bond acceptors (Lipinski definition) is 2. The van der Waals surface area contributed by atoms with E-state index in [9.17, 15) is 9.59 Å².